The summed E-state index contributed by atoms with van der Waals surface area (Å²) in [6.45, 7) is 6.11. The van der Waals surface area contributed by atoms with Gasteiger partial charge in [0.1, 0.15) is 11.6 Å². The summed E-state index contributed by atoms with van der Waals surface area (Å²) in [5.41, 5.74) is -0.766. The maximum absolute atomic E-state index is 13.2. The van der Waals surface area contributed by atoms with Crippen molar-refractivity contribution in [2.75, 3.05) is 0 Å². The highest BCUT2D eigenvalue weighted by atomic mass is 16.2. The minimum atomic E-state index is -0.534. The molecule has 2 amide bonds. The molecule has 1 atom stereocenters. The Balaban J connectivity index is 1.98. The maximum Gasteiger partial charge on any atom is 0.246 e. The molecular weight excluding hydrogens is 264 g/mol. The first kappa shape index (κ1) is 14.9. The van der Waals surface area contributed by atoms with Crippen LogP contribution in [0.5, 0.6) is 0 Å². The minimum Gasteiger partial charge on any atom is -0.342 e. The van der Waals surface area contributed by atoms with Crippen LogP contribution in [0, 0.1) is 5.41 Å². The van der Waals surface area contributed by atoms with Crippen molar-refractivity contribution >= 4 is 11.8 Å². The molecule has 118 valence electrons. The summed E-state index contributed by atoms with van der Waals surface area (Å²) in [6.07, 6.45) is 8.32. The Kier molecular flexibility index (Phi) is 3.53. The Labute approximate surface area is 127 Å². The topological polar surface area (TPSA) is 49.4 Å². The van der Waals surface area contributed by atoms with Crippen molar-refractivity contribution in [3.8, 4) is 0 Å². The Morgan fingerprint density at radius 3 is 2.14 bits per heavy atom. The first-order chi connectivity index (χ1) is 9.86. The second kappa shape index (κ2) is 4.99. The van der Waals surface area contributed by atoms with Crippen LogP contribution in [0.15, 0.2) is 0 Å². The van der Waals surface area contributed by atoms with E-state index in [9.17, 15) is 9.59 Å². The van der Waals surface area contributed by atoms with Crippen LogP contribution in [0.3, 0.4) is 0 Å². The van der Waals surface area contributed by atoms with Crippen molar-refractivity contribution < 1.29 is 9.59 Å². The molecule has 0 radical (unpaired) electrons. The zero-order valence-electron chi connectivity index (χ0n) is 13.6. The van der Waals surface area contributed by atoms with E-state index in [0.29, 0.717) is 0 Å². The van der Waals surface area contributed by atoms with Crippen molar-refractivity contribution in [2.45, 2.75) is 89.8 Å². The quantitative estimate of drug-likeness (QED) is 0.807. The van der Waals surface area contributed by atoms with Gasteiger partial charge in [0, 0.05) is 6.04 Å². The van der Waals surface area contributed by atoms with Crippen LogP contribution < -0.4 is 5.32 Å². The molecule has 3 rings (SSSR count). The third kappa shape index (κ3) is 2.27. The van der Waals surface area contributed by atoms with Gasteiger partial charge in [0.05, 0.1) is 0 Å². The van der Waals surface area contributed by atoms with Crippen molar-refractivity contribution in [1.29, 1.82) is 0 Å². The number of nitrogens with zero attached hydrogens (tertiary/aromatic N) is 1. The van der Waals surface area contributed by atoms with Crippen LogP contribution >= 0.6 is 0 Å². The summed E-state index contributed by atoms with van der Waals surface area (Å²) in [7, 11) is 0. The number of rotatable bonds is 1. The van der Waals surface area contributed by atoms with Gasteiger partial charge in [-0.1, -0.05) is 46.5 Å². The monoisotopic (exact) mass is 292 g/mol. The molecule has 1 unspecified atom stereocenters. The van der Waals surface area contributed by atoms with Crippen LogP contribution in [0.25, 0.3) is 0 Å². The van der Waals surface area contributed by atoms with E-state index in [-0.39, 0.29) is 29.3 Å². The fourth-order valence-electron chi connectivity index (χ4n) is 4.49. The molecule has 0 aromatic heterocycles. The Morgan fingerprint density at radius 1 is 1.05 bits per heavy atom. The molecule has 0 aromatic rings. The van der Waals surface area contributed by atoms with Gasteiger partial charge in [-0.15, -0.1) is 0 Å². The molecule has 0 bridgehead atoms. The third-order valence-electron chi connectivity index (χ3n) is 5.63. The van der Waals surface area contributed by atoms with Gasteiger partial charge in [-0.3, -0.25) is 9.59 Å². The summed E-state index contributed by atoms with van der Waals surface area (Å²) in [4.78, 5) is 28.1. The van der Waals surface area contributed by atoms with Gasteiger partial charge in [-0.05, 0) is 31.1 Å². The lowest BCUT2D eigenvalue weighted by Crippen LogP contribution is -2.73. The number of hydrogen-bond donors (Lipinski definition) is 1. The predicted molar refractivity (Wildman–Crippen MR) is 81.7 cm³/mol. The SMILES string of the molecule is CC(C)(C)C1NC(=O)C2(CCCC2)N(C2CCCC2)C1=O. The van der Waals surface area contributed by atoms with Crippen molar-refractivity contribution in [3.05, 3.63) is 0 Å². The average Bonchev–Trinajstić information content (AvgIpc) is 3.05. The van der Waals surface area contributed by atoms with Crippen molar-refractivity contribution in [3.63, 3.8) is 0 Å². The van der Waals surface area contributed by atoms with Crippen LogP contribution in [-0.2, 0) is 9.59 Å². The largest absolute Gasteiger partial charge is 0.342 e. The van der Waals surface area contributed by atoms with Crippen LogP contribution in [0.1, 0.15) is 72.1 Å². The van der Waals surface area contributed by atoms with Gasteiger partial charge in [0.15, 0.2) is 0 Å². The lowest BCUT2D eigenvalue weighted by molar-refractivity contribution is -0.164. The molecule has 2 saturated carbocycles. The number of nitrogens with one attached hydrogen (secondary N) is 1. The molecule has 1 heterocycles. The Bertz CT molecular complexity index is 440. The second-order valence-electron chi connectivity index (χ2n) is 8.16. The summed E-state index contributed by atoms with van der Waals surface area (Å²) in [5, 5.41) is 3.06. The molecule has 1 saturated heterocycles. The summed E-state index contributed by atoms with van der Waals surface area (Å²) >= 11 is 0. The standard InChI is InChI=1S/C17H28N2O2/c1-16(2,3)13-14(20)19(12-8-4-5-9-12)17(15(21)18-13)10-6-7-11-17/h12-13H,4-11H2,1-3H3,(H,18,21). The van der Waals surface area contributed by atoms with Crippen molar-refractivity contribution in [1.82, 2.24) is 10.2 Å². The molecule has 0 aromatic carbocycles. The molecule has 21 heavy (non-hydrogen) atoms. The Morgan fingerprint density at radius 2 is 1.62 bits per heavy atom. The molecular formula is C17H28N2O2. The smallest absolute Gasteiger partial charge is 0.246 e. The van der Waals surface area contributed by atoms with Gasteiger partial charge in [-0.25, -0.2) is 0 Å². The van der Waals surface area contributed by atoms with Gasteiger partial charge >= 0.3 is 0 Å². The highest BCUT2D eigenvalue weighted by Crippen LogP contribution is 2.43. The van der Waals surface area contributed by atoms with E-state index in [4.69, 9.17) is 0 Å². The summed E-state index contributed by atoms with van der Waals surface area (Å²) in [6, 6.07) is -0.0941. The van der Waals surface area contributed by atoms with E-state index in [1.54, 1.807) is 0 Å². The van der Waals surface area contributed by atoms with Crippen molar-refractivity contribution in [2.24, 2.45) is 5.41 Å². The Hall–Kier alpha value is -1.06. The number of piperazine rings is 1. The van der Waals surface area contributed by atoms with Crippen LogP contribution in [-0.4, -0.2) is 34.3 Å². The second-order valence-corrected chi connectivity index (χ2v) is 8.16. The number of amides is 2. The third-order valence-corrected chi connectivity index (χ3v) is 5.63. The first-order valence-electron chi connectivity index (χ1n) is 8.50. The highest BCUT2D eigenvalue weighted by Gasteiger charge is 2.57. The van der Waals surface area contributed by atoms with Gasteiger partial charge < -0.3 is 10.2 Å². The molecule has 1 spiro atoms. The summed E-state index contributed by atoms with van der Waals surface area (Å²) < 4.78 is 0. The zero-order valence-corrected chi connectivity index (χ0v) is 13.6. The number of carbonyl (C=O) groups excluding carboxylic acids is 2. The molecule has 4 heteroatoms. The zero-order chi connectivity index (χ0) is 15.3. The normalized spacial score (nSPS) is 30.2. The lowest BCUT2D eigenvalue weighted by atomic mass is 9.79. The number of carbonyl (C=O) groups is 2. The maximum atomic E-state index is 13.2. The molecule has 1 N–H and O–H groups in total. The van der Waals surface area contributed by atoms with Crippen LogP contribution in [0.4, 0.5) is 0 Å². The fraction of sp³-hybridized carbons (Fsp3) is 0.882. The lowest BCUT2D eigenvalue weighted by Gasteiger charge is -2.51. The van der Waals surface area contributed by atoms with Gasteiger partial charge in [0.2, 0.25) is 11.8 Å². The van der Waals surface area contributed by atoms with E-state index in [1.165, 1.54) is 12.8 Å². The molecule has 4 nitrogen and oxygen atoms in total. The molecule has 1 aliphatic heterocycles. The summed E-state index contributed by atoms with van der Waals surface area (Å²) in [5.74, 6) is 0.266. The van der Waals surface area contributed by atoms with Crippen LogP contribution in [0.2, 0.25) is 0 Å². The van der Waals surface area contributed by atoms with Gasteiger partial charge in [0.25, 0.3) is 0 Å². The van der Waals surface area contributed by atoms with E-state index >= 15 is 0 Å². The first-order valence-corrected chi connectivity index (χ1v) is 8.50. The molecule has 2 aliphatic carbocycles. The van der Waals surface area contributed by atoms with E-state index in [0.717, 1.165) is 38.5 Å². The van der Waals surface area contributed by atoms with E-state index in [1.807, 2.05) is 25.7 Å². The highest BCUT2D eigenvalue weighted by molar-refractivity contribution is 6.00. The fourth-order valence-corrected chi connectivity index (χ4v) is 4.49. The molecule has 3 fully saturated rings. The number of hydrogen-bond acceptors (Lipinski definition) is 2. The van der Waals surface area contributed by atoms with Gasteiger partial charge in [-0.2, -0.15) is 0 Å². The van der Waals surface area contributed by atoms with E-state index in [2.05, 4.69) is 5.32 Å². The minimum absolute atomic E-state index is 0.103. The van der Waals surface area contributed by atoms with E-state index < -0.39 is 5.54 Å². The predicted octanol–water partition coefficient (Wildman–Crippen LogP) is 2.61. The molecule has 3 aliphatic rings. The average molecular weight is 292 g/mol.